The van der Waals surface area contributed by atoms with Gasteiger partial charge in [-0.2, -0.15) is 0 Å². The fraction of sp³-hybridized carbons (Fsp3) is 0.444. The van der Waals surface area contributed by atoms with Crippen molar-refractivity contribution < 1.29 is 0 Å². The van der Waals surface area contributed by atoms with E-state index >= 15 is 0 Å². The molecule has 0 aromatic heterocycles. The molecule has 0 amide bonds. The summed E-state index contributed by atoms with van der Waals surface area (Å²) in [6.07, 6.45) is 4.50. The maximum Gasteiger partial charge on any atom is -0.0114 e. The Hall–Kier alpha value is -1.30. The van der Waals surface area contributed by atoms with Crippen LogP contribution in [0.1, 0.15) is 49.9 Å². The van der Waals surface area contributed by atoms with E-state index in [0.29, 0.717) is 0 Å². The molecule has 0 radical (unpaired) electrons. The van der Waals surface area contributed by atoms with Gasteiger partial charge >= 0.3 is 0 Å². The van der Waals surface area contributed by atoms with Gasteiger partial charge in [-0.05, 0) is 58.7 Å². The molecule has 2 aromatic rings. The lowest BCUT2D eigenvalue weighted by atomic mass is 9.88. The van der Waals surface area contributed by atoms with Crippen LogP contribution in [-0.2, 0) is 25.7 Å². The molecule has 0 nitrogen and oxygen atoms in total. The molecule has 0 fully saturated rings. The first-order valence-corrected chi connectivity index (χ1v) is 7.31. The van der Waals surface area contributed by atoms with Gasteiger partial charge < -0.3 is 0 Å². The molecule has 0 atom stereocenters. The largest absolute Gasteiger partial charge is 0.0613 e. The van der Waals surface area contributed by atoms with Gasteiger partial charge in [0.1, 0.15) is 0 Å². The van der Waals surface area contributed by atoms with Gasteiger partial charge in [0, 0.05) is 0 Å². The van der Waals surface area contributed by atoms with Crippen molar-refractivity contribution in [2.75, 3.05) is 0 Å². The van der Waals surface area contributed by atoms with Crippen LogP contribution < -0.4 is 0 Å². The van der Waals surface area contributed by atoms with Crippen molar-refractivity contribution in [3.63, 3.8) is 0 Å². The van der Waals surface area contributed by atoms with Crippen molar-refractivity contribution in [2.24, 2.45) is 0 Å². The molecule has 0 aliphatic carbocycles. The normalized spacial score (nSPS) is 11.1. The molecular weight excluding hydrogens is 216 g/mol. The van der Waals surface area contributed by atoms with Crippen molar-refractivity contribution in [1.82, 2.24) is 0 Å². The molecule has 0 saturated carbocycles. The second-order valence-corrected chi connectivity index (χ2v) is 4.93. The summed E-state index contributed by atoms with van der Waals surface area (Å²) < 4.78 is 0. The number of benzene rings is 2. The van der Waals surface area contributed by atoms with Crippen molar-refractivity contribution in [3.8, 4) is 0 Å². The Labute approximate surface area is 111 Å². The predicted octanol–water partition coefficient (Wildman–Crippen LogP) is 5.09. The molecule has 0 heterocycles. The molecule has 2 rings (SSSR count). The molecular formula is C18H24. The molecule has 0 N–H and O–H groups in total. The highest BCUT2D eigenvalue weighted by molar-refractivity contribution is 5.94. The SMILES string of the molecule is CCc1ccc(CC)c2c(CC)ccc(CC)c12. The molecule has 0 bridgehead atoms. The van der Waals surface area contributed by atoms with Crippen LogP contribution in [0.25, 0.3) is 10.8 Å². The van der Waals surface area contributed by atoms with Gasteiger partial charge in [-0.1, -0.05) is 52.0 Å². The van der Waals surface area contributed by atoms with Crippen LogP contribution in [0.15, 0.2) is 24.3 Å². The summed E-state index contributed by atoms with van der Waals surface area (Å²) in [4.78, 5) is 0. The van der Waals surface area contributed by atoms with E-state index in [4.69, 9.17) is 0 Å². The molecule has 2 aromatic carbocycles. The first-order valence-electron chi connectivity index (χ1n) is 7.31. The quantitative estimate of drug-likeness (QED) is 0.698. The third-order valence-corrected chi connectivity index (χ3v) is 4.03. The van der Waals surface area contributed by atoms with Gasteiger partial charge in [0.2, 0.25) is 0 Å². The van der Waals surface area contributed by atoms with E-state index in [2.05, 4.69) is 52.0 Å². The Bertz CT molecular complexity index is 452. The van der Waals surface area contributed by atoms with Gasteiger partial charge in [-0.15, -0.1) is 0 Å². The zero-order valence-corrected chi connectivity index (χ0v) is 12.1. The van der Waals surface area contributed by atoms with E-state index in [9.17, 15) is 0 Å². The lowest BCUT2D eigenvalue weighted by molar-refractivity contribution is 1.08. The highest BCUT2D eigenvalue weighted by Crippen LogP contribution is 2.31. The van der Waals surface area contributed by atoms with Crippen LogP contribution in [0.2, 0.25) is 0 Å². The monoisotopic (exact) mass is 240 g/mol. The number of hydrogen-bond donors (Lipinski definition) is 0. The second kappa shape index (κ2) is 5.56. The summed E-state index contributed by atoms with van der Waals surface area (Å²) in [6.45, 7) is 9.05. The fourth-order valence-electron chi connectivity index (χ4n) is 2.97. The standard InChI is InChI=1S/C18H24/c1-5-13-9-10-15(7-3)18-16(8-4)12-11-14(6-2)17(13)18/h9-12H,5-8H2,1-4H3. The summed E-state index contributed by atoms with van der Waals surface area (Å²) >= 11 is 0. The van der Waals surface area contributed by atoms with Gasteiger partial charge in [0.15, 0.2) is 0 Å². The van der Waals surface area contributed by atoms with Crippen LogP contribution >= 0.6 is 0 Å². The molecule has 18 heavy (non-hydrogen) atoms. The molecule has 0 aliphatic heterocycles. The smallest absolute Gasteiger partial charge is 0.0114 e. The van der Waals surface area contributed by atoms with E-state index in [1.807, 2.05) is 0 Å². The van der Waals surface area contributed by atoms with E-state index in [-0.39, 0.29) is 0 Å². The summed E-state index contributed by atoms with van der Waals surface area (Å²) in [5.41, 5.74) is 6.03. The number of fused-ring (bicyclic) bond motifs is 1. The van der Waals surface area contributed by atoms with E-state index < -0.39 is 0 Å². The number of aryl methyl sites for hydroxylation is 4. The Morgan fingerprint density at radius 1 is 0.500 bits per heavy atom. The topological polar surface area (TPSA) is 0 Å². The Kier molecular flexibility index (Phi) is 4.06. The summed E-state index contributed by atoms with van der Waals surface area (Å²) in [6, 6.07) is 9.33. The minimum absolute atomic E-state index is 1.13. The highest BCUT2D eigenvalue weighted by Gasteiger charge is 2.11. The van der Waals surface area contributed by atoms with E-state index in [0.717, 1.165) is 25.7 Å². The average Bonchev–Trinajstić information content (AvgIpc) is 2.44. The second-order valence-electron chi connectivity index (χ2n) is 4.93. The van der Waals surface area contributed by atoms with E-state index in [1.54, 1.807) is 10.8 Å². The lowest BCUT2D eigenvalue weighted by Gasteiger charge is -2.16. The predicted molar refractivity (Wildman–Crippen MR) is 81.5 cm³/mol. The van der Waals surface area contributed by atoms with Gasteiger partial charge in [-0.3, -0.25) is 0 Å². The minimum atomic E-state index is 1.13. The zero-order valence-electron chi connectivity index (χ0n) is 12.1. The Balaban J connectivity index is 2.92. The number of rotatable bonds is 4. The summed E-state index contributed by atoms with van der Waals surface area (Å²) in [5, 5.41) is 3.08. The third kappa shape index (κ3) is 2.05. The minimum Gasteiger partial charge on any atom is -0.0613 e. The summed E-state index contributed by atoms with van der Waals surface area (Å²) in [5.74, 6) is 0. The Morgan fingerprint density at radius 3 is 0.889 bits per heavy atom. The van der Waals surface area contributed by atoms with Crippen LogP contribution in [0, 0.1) is 0 Å². The maximum atomic E-state index is 2.33. The molecule has 0 saturated heterocycles. The first-order chi connectivity index (χ1) is 8.76. The molecule has 96 valence electrons. The zero-order chi connectivity index (χ0) is 13.1. The molecule has 0 unspecified atom stereocenters. The third-order valence-electron chi connectivity index (χ3n) is 4.03. The Morgan fingerprint density at radius 2 is 0.722 bits per heavy atom. The maximum absolute atomic E-state index is 2.33. The van der Waals surface area contributed by atoms with E-state index in [1.165, 1.54) is 22.3 Å². The lowest BCUT2D eigenvalue weighted by Crippen LogP contribution is -1.97. The van der Waals surface area contributed by atoms with Crippen LogP contribution in [0.4, 0.5) is 0 Å². The number of hydrogen-bond acceptors (Lipinski definition) is 0. The van der Waals surface area contributed by atoms with Crippen LogP contribution in [0.5, 0.6) is 0 Å². The van der Waals surface area contributed by atoms with Crippen molar-refractivity contribution in [2.45, 2.75) is 53.4 Å². The van der Waals surface area contributed by atoms with Gasteiger partial charge in [0.05, 0.1) is 0 Å². The molecule has 0 heteroatoms. The summed E-state index contributed by atoms with van der Waals surface area (Å²) in [7, 11) is 0. The van der Waals surface area contributed by atoms with Crippen molar-refractivity contribution in [3.05, 3.63) is 46.5 Å². The molecule has 0 spiro atoms. The van der Waals surface area contributed by atoms with Crippen LogP contribution in [0.3, 0.4) is 0 Å². The van der Waals surface area contributed by atoms with Gasteiger partial charge in [0.25, 0.3) is 0 Å². The fourth-order valence-corrected chi connectivity index (χ4v) is 2.97. The average molecular weight is 240 g/mol. The van der Waals surface area contributed by atoms with Crippen LogP contribution in [-0.4, -0.2) is 0 Å². The van der Waals surface area contributed by atoms with Crippen molar-refractivity contribution in [1.29, 1.82) is 0 Å². The molecule has 0 aliphatic rings. The van der Waals surface area contributed by atoms with Gasteiger partial charge in [-0.25, -0.2) is 0 Å². The first kappa shape index (κ1) is 13.1. The highest BCUT2D eigenvalue weighted by atomic mass is 14.2. The van der Waals surface area contributed by atoms with Crippen molar-refractivity contribution >= 4 is 10.8 Å².